The van der Waals surface area contributed by atoms with Gasteiger partial charge in [-0.3, -0.25) is 0 Å². The molecule has 1 aromatic rings. The van der Waals surface area contributed by atoms with Gasteiger partial charge in [-0.05, 0) is 24.6 Å². The maximum absolute atomic E-state index is 11.3. The number of ether oxygens (including phenoxy) is 1. The number of hydrogen-bond donors (Lipinski definition) is 2. The van der Waals surface area contributed by atoms with Crippen LogP contribution in [0, 0.1) is 0 Å². The van der Waals surface area contributed by atoms with E-state index in [2.05, 4.69) is 33.5 Å². The SMILES string of the molecule is CCCCNC(=O)NCCOc1cccc(Br)c1. The van der Waals surface area contributed by atoms with E-state index in [0.717, 1.165) is 29.6 Å². The summed E-state index contributed by atoms with van der Waals surface area (Å²) >= 11 is 3.37. The average Bonchev–Trinajstić information content (AvgIpc) is 2.35. The van der Waals surface area contributed by atoms with Crippen molar-refractivity contribution < 1.29 is 9.53 Å². The molecule has 18 heavy (non-hydrogen) atoms. The molecule has 0 fully saturated rings. The van der Waals surface area contributed by atoms with Crippen LogP contribution in [0.1, 0.15) is 19.8 Å². The van der Waals surface area contributed by atoms with Gasteiger partial charge in [0.1, 0.15) is 12.4 Å². The van der Waals surface area contributed by atoms with Crippen LogP contribution in [-0.4, -0.2) is 25.7 Å². The van der Waals surface area contributed by atoms with Crippen LogP contribution in [0.5, 0.6) is 5.75 Å². The molecule has 1 aromatic carbocycles. The van der Waals surface area contributed by atoms with Crippen molar-refractivity contribution in [2.24, 2.45) is 0 Å². The number of amides is 2. The van der Waals surface area contributed by atoms with Crippen LogP contribution in [0.3, 0.4) is 0 Å². The molecule has 0 atom stereocenters. The Balaban J connectivity index is 2.09. The molecule has 0 radical (unpaired) electrons. The van der Waals surface area contributed by atoms with Gasteiger partial charge >= 0.3 is 6.03 Å². The molecule has 0 saturated heterocycles. The smallest absolute Gasteiger partial charge is 0.314 e. The van der Waals surface area contributed by atoms with E-state index in [0.29, 0.717) is 13.2 Å². The molecular weight excluding hydrogens is 296 g/mol. The minimum absolute atomic E-state index is 0.138. The predicted octanol–water partition coefficient (Wildman–Crippen LogP) is 2.93. The fourth-order valence-electron chi connectivity index (χ4n) is 1.33. The Labute approximate surface area is 116 Å². The summed E-state index contributed by atoms with van der Waals surface area (Å²) in [6, 6.07) is 7.48. The highest BCUT2D eigenvalue weighted by Crippen LogP contribution is 2.17. The van der Waals surface area contributed by atoms with E-state index in [-0.39, 0.29) is 6.03 Å². The maximum Gasteiger partial charge on any atom is 0.314 e. The lowest BCUT2D eigenvalue weighted by Crippen LogP contribution is -2.38. The zero-order valence-electron chi connectivity index (χ0n) is 10.5. The summed E-state index contributed by atoms with van der Waals surface area (Å²) in [5, 5.41) is 5.52. The summed E-state index contributed by atoms with van der Waals surface area (Å²) in [4.78, 5) is 11.3. The molecule has 0 aliphatic heterocycles. The van der Waals surface area contributed by atoms with Crippen LogP contribution in [0.15, 0.2) is 28.7 Å². The first-order valence-electron chi connectivity index (χ1n) is 6.12. The lowest BCUT2D eigenvalue weighted by Gasteiger charge is -2.08. The van der Waals surface area contributed by atoms with Crippen molar-refractivity contribution in [3.05, 3.63) is 28.7 Å². The van der Waals surface area contributed by atoms with Crippen molar-refractivity contribution >= 4 is 22.0 Å². The second kappa shape index (κ2) is 8.80. The van der Waals surface area contributed by atoms with Crippen molar-refractivity contribution in [1.82, 2.24) is 10.6 Å². The van der Waals surface area contributed by atoms with Gasteiger partial charge in [0, 0.05) is 11.0 Å². The monoisotopic (exact) mass is 314 g/mol. The molecule has 0 aliphatic rings. The van der Waals surface area contributed by atoms with Crippen molar-refractivity contribution in [1.29, 1.82) is 0 Å². The molecule has 0 bridgehead atoms. The van der Waals surface area contributed by atoms with Crippen LogP contribution in [-0.2, 0) is 0 Å². The minimum atomic E-state index is -0.138. The first-order chi connectivity index (χ1) is 8.72. The summed E-state index contributed by atoms with van der Waals surface area (Å²) in [5.74, 6) is 0.789. The fourth-order valence-corrected chi connectivity index (χ4v) is 1.71. The zero-order valence-corrected chi connectivity index (χ0v) is 12.1. The zero-order chi connectivity index (χ0) is 13.2. The molecule has 4 nitrogen and oxygen atoms in total. The van der Waals surface area contributed by atoms with E-state index >= 15 is 0 Å². The lowest BCUT2D eigenvalue weighted by atomic mass is 10.3. The molecule has 2 N–H and O–H groups in total. The van der Waals surface area contributed by atoms with E-state index in [4.69, 9.17) is 4.74 Å². The number of rotatable bonds is 7. The minimum Gasteiger partial charge on any atom is -0.492 e. The maximum atomic E-state index is 11.3. The third-order valence-electron chi connectivity index (χ3n) is 2.27. The van der Waals surface area contributed by atoms with Crippen molar-refractivity contribution in [2.45, 2.75) is 19.8 Å². The van der Waals surface area contributed by atoms with Gasteiger partial charge in [-0.15, -0.1) is 0 Å². The quantitative estimate of drug-likeness (QED) is 0.760. The standard InChI is InChI=1S/C13H19BrN2O2/c1-2-3-7-15-13(17)16-8-9-18-12-6-4-5-11(14)10-12/h4-6,10H,2-3,7-9H2,1H3,(H2,15,16,17). The molecular formula is C13H19BrN2O2. The van der Waals surface area contributed by atoms with E-state index in [9.17, 15) is 4.79 Å². The van der Waals surface area contributed by atoms with Crippen molar-refractivity contribution in [2.75, 3.05) is 19.7 Å². The normalized spacial score (nSPS) is 9.89. The Hall–Kier alpha value is -1.23. The van der Waals surface area contributed by atoms with Gasteiger partial charge in [0.25, 0.3) is 0 Å². The second-order valence-electron chi connectivity index (χ2n) is 3.84. The summed E-state index contributed by atoms with van der Waals surface area (Å²) in [7, 11) is 0. The number of nitrogens with one attached hydrogen (secondary N) is 2. The molecule has 0 heterocycles. The van der Waals surface area contributed by atoms with Gasteiger partial charge in [-0.1, -0.05) is 35.3 Å². The van der Waals surface area contributed by atoms with Gasteiger partial charge in [-0.2, -0.15) is 0 Å². The Morgan fingerprint density at radius 1 is 1.33 bits per heavy atom. The first kappa shape index (κ1) is 14.8. The van der Waals surface area contributed by atoms with Gasteiger partial charge in [0.15, 0.2) is 0 Å². The van der Waals surface area contributed by atoms with Crippen LogP contribution < -0.4 is 15.4 Å². The number of benzene rings is 1. The Morgan fingerprint density at radius 3 is 2.83 bits per heavy atom. The average molecular weight is 315 g/mol. The van der Waals surface area contributed by atoms with E-state index in [1.165, 1.54) is 0 Å². The summed E-state index contributed by atoms with van der Waals surface area (Å²) in [6.07, 6.45) is 2.08. The molecule has 0 saturated carbocycles. The molecule has 0 spiro atoms. The number of carbonyl (C=O) groups is 1. The Kier molecular flexibility index (Phi) is 7.25. The van der Waals surface area contributed by atoms with Gasteiger partial charge < -0.3 is 15.4 Å². The number of halogens is 1. The van der Waals surface area contributed by atoms with E-state index < -0.39 is 0 Å². The third-order valence-corrected chi connectivity index (χ3v) is 2.76. The van der Waals surface area contributed by atoms with Crippen LogP contribution in [0.4, 0.5) is 4.79 Å². The molecule has 5 heteroatoms. The van der Waals surface area contributed by atoms with Crippen molar-refractivity contribution in [3.8, 4) is 5.75 Å². The number of hydrogen-bond acceptors (Lipinski definition) is 2. The van der Waals surface area contributed by atoms with Crippen LogP contribution in [0.25, 0.3) is 0 Å². The predicted molar refractivity (Wildman–Crippen MR) is 75.9 cm³/mol. The molecule has 100 valence electrons. The number of urea groups is 1. The lowest BCUT2D eigenvalue weighted by molar-refractivity contribution is 0.236. The topological polar surface area (TPSA) is 50.4 Å². The molecule has 2 amide bonds. The third kappa shape index (κ3) is 6.49. The number of unbranched alkanes of at least 4 members (excludes halogenated alkanes) is 1. The Morgan fingerprint density at radius 2 is 2.11 bits per heavy atom. The fraction of sp³-hybridized carbons (Fsp3) is 0.462. The van der Waals surface area contributed by atoms with Gasteiger partial charge in [0.2, 0.25) is 0 Å². The second-order valence-corrected chi connectivity index (χ2v) is 4.76. The van der Waals surface area contributed by atoms with E-state index in [1.807, 2.05) is 24.3 Å². The number of carbonyl (C=O) groups excluding carboxylic acids is 1. The van der Waals surface area contributed by atoms with Gasteiger partial charge in [0.05, 0.1) is 6.54 Å². The summed E-state index contributed by atoms with van der Waals surface area (Å²) < 4.78 is 6.47. The van der Waals surface area contributed by atoms with Crippen LogP contribution >= 0.6 is 15.9 Å². The largest absolute Gasteiger partial charge is 0.492 e. The molecule has 0 aromatic heterocycles. The molecule has 0 aliphatic carbocycles. The first-order valence-corrected chi connectivity index (χ1v) is 6.91. The molecule has 1 rings (SSSR count). The highest BCUT2D eigenvalue weighted by molar-refractivity contribution is 9.10. The summed E-state index contributed by atoms with van der Waals surface area (Å²) in [5.41, 5.74) is 0. The highest BCUT2D eigenvalue weighted by Gasteiger charge is 1.98. The van der Waals surface area contributed by atoms with Crippen molar-refractivity contribution in [3.63, 3.8) is 0 Å². The highest BCUT2D eigenvalue weighted by atomic mass is 79.9. The molecule has 0 unspecified atom stereocenters. The van der Waals surface area contributed by atoms with E-state index in [1.54, 1.807) is 0 Å². The van der Waals surface area contributed by atoms with Crippen LogP contribution in [0.2, 0.25) is 0 Å². The Bertz CT molecular complexity index is 372. The summed E-state index contributed by atoms with van der Waals surface area (Å²) in [6.45, 7) is 3.75. The van der Waals surface area contributed by atoms with Gasteiger partial charge in [-0.25, -0.2) is 4.79 Å².